The molecule has 176 valence electrons. The first-order chi connectivity index (χ1) is 16.3. The summed E-state index contributed by atoms with van der Waals surface area (Å²) >= 11 is 12.2. The number of carbonyl (C=O) groups is 2. The average molecular weight is 500 g/mol. The van der Waals surface area contributed by atoms with E-state index in [2.05, 4.69) is 5.32 Å². The van der Waals surface area contributed by atoms with E-state index in [0.29, 0.717) is 15.6 Å². The Labute approximate surface area is 207 Å². The molecule has 3 aromatic carbocycles. The third-order valence-electron chi connectivity index (χ3n) is 5.38. The third kappa shape index (κ3) is 6.34. The van der Waals surface area contributed by atoms with E-state index in [1.807, 2.05) is 30.3 Å². The molecule has 1 unspecified atom stereocenters. The molecule has 0 saturated heterocycles. The van der Waals surface area contributed by atoms with E-state index in [9.17, 15) is 19.7 Å². The molecule has 2 amide bonds. The van der Waals surface area contributed by atoms with E-state index in [4.69, 9.17) is 23.2 Å². The number of nitrogens with one attached hydrogen (secondary N) is 1. The topological polar surface area (TPSA) is 92.6 Å². The van der Waals surface area contributed by atoms with Gasteiger partial charge in [-0.05, 0) is 23.3 Å². The van der Waals surface area contributed by atoms with Gasteiger partial charge in [-0.15, -0.1) is 0 Å². The highest BCUT2D eigenvalue weighted by Crippen LogP contribution is 2.25. The molecule has 9 heteroatoms. The SMILES string of the molecule is CNC(=O)C(Cc1ccccc1)N(Cc1ccc(Cl)c(Cl)c1)C(=O)Cc1ccccc1[N+](=O)[O-]. The number of nitro benzene ring substituents is 1. The Balaban J connectivity index is 2.00. The highest BCUT2D eigenvalue weighted by atomic mass is 35.5. The van der Waals surface area contributed by atoms with Crippen LogP contribution in [0.4, 0.5) is 5.69 Å². The maximum Gasteiger partial charge on any atom is 0.273 e. The van der Waals surface area contributed by atoms with E-state index in [1.54, 1.807) is 36.4 Å². The molecule has 0 aliphatic heterocycles. The van der Waals surface area contributed by atoms with Crippen molar-refractivity contribution in [3.05, 3.63) is 110 Å². The summed E-state index contributed by atoms with van der Waals surface area (Å²) in [4.78, 5) is 38.9. The quantitative estimate of drug-likeness (QED) is 0.337. The summed E-state index contributed by atoms with van der Waals surface area (Å²) in [6.45, 7) is 0.0707. The first-order valence-electron chi connectivity index (χ1n) is 10.5. The molecule has 1 N–H and O–H groups in total. The Morgan fingerprint density at radius 3 is 2.29 bits per heavy atom. The van der Waals surface area contributed by atoms with Crippen LogP contribution in [0, 0.1) is 10.1 Å². The fourth-order valence-electron chi connectivity index (χ4n) is 3.66. The summed E-state index contributed by atoms with van der Waals surface area (Å²) in [5.41, 5.74) is 1.66. The van der Waals surface area contributed by atoms with Crippen LogP contribution in [0.15, 0.2) is 72.8 Å². The van der Waals surface area contributed by atoms with E-state index in [0.717, 1.165) is 5.56 Å². The zero-order valence-electron chi connectivity index (χ0n) is 18.4. The average Bonchev–Trinajstić information content (AvgIpc) is 2.83. The smallest absolute Gasteiger partial charge is 0.273 e. The molecule has 0 spiro atoms. The van der Waals surface area contributed by atoms with Crippen molar-refractivity contribution in [3.8, 4) is 0 Å². The summed E-state index contributed by atoms with van der Waals surface area (Å²) in [5, 5.41) is 14.8. The van der Waals surface area contributed by atoms with Crippen LogP contribution < -0.4 is 5.32 Å². The zero-order valence-corrected chi connectivity index (χ0v) is 19.9. The van der Waals surface area contributed by atoms with Crippen LogP contribution in [0.5, 0.6) is 0 Å². The van der Waals surface area contributed by atoms with E-state index >= 15 is 0 Å². The minimum atomic E-state index is -0.850. The molecule has 0 radical (unpaired) electrons. The number of para-hydroxylation sites is 1. The van der Waals surface area contributed by atoms with Crippen LogP contribution in [-0.2, 0) is 29.0 Å². The van der Waals surface area contributed by atoms with Gasteiger partial charge >= 0.3 is 0 Å². The zero-order chi connectivity index (χ0) is 24.7. The normalized spacial score (nSPS) is 11.5. The summed E-state index contributed by atoms with van der Waals surface area (Å²) < 4.78 is 0. The van der Waals surface area contributed by atoms with E-state index in [-0.39, 0.29) is 36.5 Å². The molecular weight excluding hydrogens is 477 g/mol. The Bertz CT molecular complexity index is 1190. The number of halogens is 2. The van der Waals surface area contributed by atoms with Crippen molar-refractivity contribution >= 4 is 40.7 Å². The summed E-state index contributed by atoms with van der Waals surface area (Å²) in [6, 6.07) is 19.5. The van der Waals surface area contributed by atoms with Crippen LogP contribution in [0.3, 0.4) is 0 Å². The summed E-state index contributed by atoms with van der Waals surface area (Å²) in [5.74, 6) is -0.773. The second-order valence-electron chi connectivity index (χ2n) is 7.65. The minimum absolute atomic E-state index is 0.0707. The van der Waals surface area contributed by atoms with Gasteiger partial charge in [0.25, 0.3) is 5.69 Å². The van der Waals surface area contributed by atoms with Crippen LogP contribution in [0.2, 0.25) is 10.0 Å². The number of likely N-dealkylation sites (N-methyl/N-ethyl adjacent to an activating group) is 1. The van der Waals surface area contributed by atoms with Gasteiger partial charge in [-0.1, -0.05) is 77.8 Å². The van der Waals surface area contributed by atoms with Gasteiger partial charge in [0, 0.05) is 31.6 Å². The van der Waals surface area contributed by atoms with Crippen molar-refractivity contribution in [3.63, 3.8) is 0 Å². The van der Waals surface area contributed by atoms with Gasteiger partial charge in [-0.25, -0.2) is 0 Å². The molecule has 0 aliphatic carbocycles. The highest BCUT2D eigenvalue weighted by molar-refractivity contribution is 6.42. The molecule has 0 aromatic heterocycles. The third-order valence-corrected chi connectivity index (χ3v) is 6.12. The van der Waals surface area contributed by atoms with Gasteiger partial charge < -0.3 is 10.2 Å². The van der Waals surface area contributed by atoms with Crippen LogP contribution in [-0.4, -0.2) is 34.7 Å². The minimum Gasteiger partial charge on any atom is -0.357 e. The van der Waals surface area contributed by atoms with Crippen molar-refractivity contribution in [1.29, 1.82) is 0 Å². The Morgan fingerprint density at radius 1 is 0.971 bits per heavy atom. The van der Waals surface area contributed by atoms with Crippen molar-refractivity contribution in [2.75, 3.05) is 7.05 Å². The Hall–Kier alpha value is -3.42. The summed E-state index contributed by atoms with van der Waals surface area (Å²) in [6.07, 6.45) is 0.0330. The van der Waals surface area contributed by atoms with Gasteiger partial charge in [0.15, 0.2) is 0 Å². The lowest BCUT2D eigenvalue weighted by molar-refractivity contribution is -0.385. The standard InChI is InChI=1S/C25H23Cl2N3O4/c1-28-25(32)23(14-17-7-3-2-4-8-17)29(16-18-11-12-20(26)21(27)13-18)24(31)15-19-9-5-6-10-22(19)30(33)34/h2-13,23H,14-16H2,1H3,(H,28,32). The molecule has 34 heavy (non-hydrogen) atoms. The lowest BCUT2D eigenvalue weighted by Crippen LogP contribution is -2.50. The van der Waals surface area contributed by atoms with Crippen LogP contribution in [0.1, 0.15) is 16.7 Å². The molecule has 0 aliphatic rings. The molecule has 3 rings (SSSR count). The molecular formula is C25H23Cl2N3O4. The second-order valence-corrected chi connectivity index (χ2v) is 8.47. The fraction of sp³-hybridized carbons (Fsp3) is 0.200. The monoisotopic (exact) mass is 499 g/mol. The molecule has 0 saturated carbocycles. The van der Waals surface area contributed by atoms with Gasteiger partial charge in [-0.2, -0.15) is 0 Å². The largest absolute Gasteiger partial charge is 0.357 e. The van der Waals surface area contributed by atoms with Gasteiger partial charge in [0.1, 0.15) is 6.04 Å². The predicted molar refractivity (Wildman–Crippen MR) is 132 cm³/mol. The number of carbonyl (C=O) groups excluding carboxylic acids is 2. The number of nitrogens with zero attached hydrogens (tertiary/aromatic N) is 2. The second kappa shape index (κ2) is 11.6. The Morgan fingerprint density at radius 2 is 1.65 bits per heavy atom. The number of nitro groups is 1. The molecule has 0 fully saturated rings. The predicted octanol–water partition coefficient (Wildman–Crippen LogP) is 4.83. The van der Waals surface area contributed by atoms with Gasteiger partial charge in [0.2, 0.25) is 11.8 Å². The van der Waals surface area contributed by atoms with Crippen molar-refractivity contribution in [1.82, 2.24) is 10.2 Å². The Kier molecular flexibility index (Phi) is 8.62. The molecule has 3 aromatic rings. The molecule has 7 nitrogen and oxygen atoms in total. The van der Waals surface area contributed by atoms with Gasteiger partial charge in [-0.3, -0.25) is 19.7 Å². The first kappa shape index (κ1) is 25.2. The van der Waals surface area contributed by atoms with Crippen LogP contribution in [0.25, 0.3) is 0 Å². The number of benzene rings is 3. The van der Waals surface area contributed by atoms with E-state index < -0.39 is 16.9 Å². The lowest BCUT2D eigenvalue weighted by atomic mass is 10.0. The number of hydrogen-bond donors (Lipinski definition) is 1. The maximum atomic E-state index is 13.6. The van der Waals surface area contributed by atoms with Crippen molar-refractivity contribution in [2.24, 2.45) is 0 Å². The highest BCUT2D eigenvalue weighted by Gasteiger charge is 2.31. The van der Waals surface area contributed by atoms with E-state index in [1.165, 1.54) is 18.0 Å². The number of rotatable bonds is 9. The van der Waals surface area contributed by atoms with Gasteiger partial charge in [0.05, 0.1) is 21.4 Å². The molecule has 1 atom stereocenters. The van der Waals surface area contributed by atoms with Crippen molar-refractivity contribution < 1.29 is 14.5 Å². The number of amides is 2. The number of hydrogen-bond acceptors (Lipinski definition) is 4. The summed E-state index contributed by atoms with van der Waals surface area (Å²) in [7, 11) is 1.50. The van der Waals surface area contributed by atoms with Crippen LogP contribution >= 0.6 is 23.2 Å². The van der Waals surface area contributed by atoms with Crippen molar-refractivity contribution in [2.45, 2.75) is 25.4 Å². The molecule has 0 bridgehead atoms. The first-order valence-corrected chi connectivity index (χ1v) is 11.3. The maximum absolute atomic E-state index is 13.6. The fourth-order valence-corrected chi connectivity index (χ4v) is 3.98. The lowest BCUT2D eigenvalue weighted by Gasteiger charge is -2.31. The molecule has 0 heterocycles.